The molecule has 0 fully saturated rings. The molecule has 0 saturated carbocycles. The van der Waals surface area contributed by atoms with E-state index in [1.807, 2.05) is 30.6 Å². The van der Waals surface area contributed by atoms with E-state index >= 15 is 0 Å². The van der Waals surface area contributed by atoms with Crippen LogP contribution >= 0.6 is 15.9 Å². The lowest BCUT2D eigenvalue weighted by Gasteiger charge is -2.15. The molecule has 0 spiro atoms. The molecule has 0 amide bonds. The first-order valence-corrected chi connectivity index (χ1v) is 6.28. The van der Waals surface area contributed by atoms with Gasteiger partial charge in [0.25, 0.3) is 0 Å². The van der Waals surface area contributed by atoms with E-state index in [1.165, 1.54) is 0 Å². The molecule has 2 N–H and O–H groups in total. The van der Waals surface area contributed by atoms with Crippen LogP contribution < -0.4 is 5.32 Å². The molecular weight excluding hydrogens is 284 g/mol. The lowest BCUT2D eigenvalue weighted by atomic mass is 10.1. The van der Waals surface area contributed by atoms with Crippen LogP contribution in [0.4, 0.5) is 5.82 Å². The molecule has 0 aliphatic carbocycles. The summed E-state index contributed by atoms with van der Waals surface area (Å²) in [6.45, 7) is 4.42. The Morgan fingerprint density at radius 1 is 1.53 bits per heavy atom. The summed E-state index contributed by atoms with van der Waals surface area (Å²) in [5.74, 6) is 0.884. The number of fused-ring (bicyclic) bond motifs is 1. The Balaban J connectivity index is 2.20. The van der Waals surface area contributed by atoms with Gasteiger partial charge in [-0.05, 0) is 21.8 Å². The molecule has 0 aromatic carbocycles. The Hall–Kier alpha value is -1.14. The van der Waals surface area contributed by atoms with Gasteiger partial charge in [-0.25, -0.2) is 9.97 Å². The number of nitrogens with zero attached hydrogens (tertiary/aromatic N) is 3. The number of anilines is 1. The lowest BCUT2D eigenvalue weighted by Crippen LogP contribution is -2.25. The maximum Gasteiger partial charge on any atom is 0.180 e. The van der Waals surface area contributed by atoms with Gasteiger partial charge in [0.2, 0.25) is 0 Å². The number of halogens is 1. The van der Waals surface area contributed by atoms with E-state index in [0.717, 1.165) is 10.3 Å². The van der Waals surface area contributed by atoms with Crippen molar-refractivity contribution < 1.29 is 5.11 Å². The zero-order valence-corrected chi connectivity index (χ0v) is 11.3. The molecule has 2 aromatic heterocycles. The first-order chi connectivity index (χ1) is 8.08. The minimum Gasteiger partial charge on any atom is -0.391 e. The van der Waals surface area contributed by atoms with Crippen molar-refractivity contribution >= 4 is 27.4 Å². The number of hydrogen-bond donors (Lipinski definition) is 2. The van der Waals surface area contributed by atoms with Gasteiger partial charge < -0.3 is 14.8 Å². The van der Waals surface area contributed by atoms with Crippen LogP contribution in [-0.2, 0) is 0 Å². The lowest BCUT2D eigenvalue weighted by molar-refractivity contribution is 0.138. The van der Waals surface area contributed by atoms with Crippen molar-refractivity contribution in [3.63, 3.8) is 0 Å². The molecule has 0 aliphatic heterocycles. The van der Waals surface area contributed by atoms with Gasteiger partial charge in [-0.15, -0.1) is 0 Å². The highest BCUT2D eigenvalue weighted by molar-refractivity contribution is 9.10. The number of rotatable bonds is 4. The van der Waals surface area contributed by atoms with E-state index in [1.54, 1.807) is 6.20 Å². The molecule has 2 aromatic rings. The normalized spacial score (nSPS) is 13.2. The minimum absolute atomic E-state index is 0.213. The van der Waals surface area contributed by atoms with E-state index in [4.69, 9.17) is 0 Å². The van der Waals surface area contributed by atoms with Gasteiger partial charge in [0.05, 0.1) is 6.10 Å². The Labute approximate surface area is 108 Å². The van der Waals surface area contributed by atoms with E-state index < -0.39 is 6.10 Å². The average molecular weight is 299 g/mol. The van der Waals surface area contributed by atoms with E-state index in [9.17, 15) is 5.11 Å². The summed E-state index contributed by atoms with van der Waals surface area (Å²) in [6, 6.07) is 0. The first-order valence-electron chi connectivity index (χ1n) is 5.49. The van der Waals surface area contributed by atoms with E-state index in [0.29, 0.717) is 12.4 Å². The van der Waals surface area contributed by atoms with Crippen LogP contribution in [0.15, 0.2) is 23.2 Å². The third-order valence-electron chi connectivity index (χ3n) is 2.59. The first kappa shape index (κ1) is 12.3. The summed E-state index contributed by atoms with van der Waals surface area (Å²) in [7, 11) is 0. The molecule has 1 atom stereocenters. The second-order valence-corrected chi connectivity index (χ2v) is 5.08. The van der Waals surface area contributed by atoms with Crippen LogP contribution in [0.2, 0.25) is 0 Å². The summed E-state index contributed by atoms with van der Waals surface area (Å²) in [5.41, 5.74) is 0.754. The van der Waals surface area contributed by atoms with Crippen LogP contribution in [0.5, 0.6) is 0 Å². The summed E-state index contributed by atoms with van der Waals surface area (Å²) in [5, 5.41) is 12.9. The fourth-order valence-corrected chi connectivity index (χ4v) is 1.85. The molecule has 92 valence electrons. The molecule has 0 radical (unpaired) electrons. The van der Waals surface area contributed by atoms with Crippen molar-refractivity contribution in [2.75, 3.05) is 11.9 Å². The molecule has 2 rings (SSSR count). The molecule has 0 saturated heterocycles. The Morgan fingerprint density at radius 2 is 2.29 bits per heavy atom. The minimum atomic E-state index is -0.397. The molecular formula is C11H15BrN4O. The maximum atomic E-state index is 9.75. The highest BCUT2D eigenvalue weighted by Crippen LogP contribution is 2.17. The molecule has 5 nitrogen and oxygen atoms in total. The van der Waals surface area contributed by atoms with Crippen molar-refractivity contribution in [1.82, 2.24) is 14.4 Å². The summed E-state index contributed by atoms with van der Waals surface area (Å²) >= 11 is 3.34. The molecule has 17 heavy (non-hydrogen) atoms. The van der Waals surface area contributed by atoms with Crippen LogP contribution in [0.3, 0.4) is 0 Å². The summed E-state index contributed by atoms with van der Waals surface area (Å²) in [4.78, 5) is 8.53. The van der Waals surface area contributed by atoms with Crippen LogP contribution in [0.25, 0.3) is 5.65 Å². The molecule has 0 bridgehead atoms. The quantitative estimate of drug-likeness (QED) is 0.905. The van der Waals surface area contributed by atoms with Gasteiger partial charge in [-0.3, -0.25) is 0 Å². The Morgan fingerprint density at radius 3 is 3.00 bits per heavy atom. The van der Waals surface area contributed by atoms with Gasteiger partial charge in [-0.1, -0.05) is 13.8 Å². The monoisotopic (exact) mass is 298 g/mol. The number of imidazole rings is 1. The predicted molar refractivity (Wildman–Crippen MR) is 70.0 cm³/mol. The average Bonchev–Trinajstić information content (AvgIpc) is 2.72. The van der Waals surface area contributed by atoms with Crippen molar-refractivity contribution in [3.8, 4) is 0 Å². The smallest absolute Gasteiger partial charge is 0.180 e. The number of aliphatic hydroxyl groups excluding tert-OH is 1. The third-order valence-corrected chi connectivity index (χ3v) is 2.97. The van der Waals surface area contributed by atoms with Crippen molar-refractivity contribution in [2.45, 2.75) is 20.0 Å². The zero-order valence-electron chi connectivity index (χ0n) is 9.76. The van der Waals surface area contributed by atoms with Gasteiger partial charge in [-0.2, -0.15) is 0 Å². The van der Waals surface area contributed by atoms with Crippen molar-refractivity contribution in [3.05, 3.63) is 23.2 Å². The number of nitrogens with one attached hydrogen (secondary N) is 1. The molecule has 6 heteroatoms. The Kier molecular flexibility index (Phi) is 3.63. The van der Waals surface area contributed by atoms with Crippen molar-refractivity contribution in [2.24, 2.45) is 5.92 Å². The van der Waals surface area contributed by atoms with Crippen LogP contribution in [-0.4, -0.2) is 32.1 Å². The summed E-state index contributed by atoms with van der Waals surface area (Å²) in [6.07, 6.45) is 5.01. The van der Waals surface area contributed by atoms with Gasteiger partial charge in [0.1, 0.15) is 4.60 Å². The second kappa shape index (κ2) is 5.01. The molecule has 2 heterocycles. The van der Waals surface area contributed by atoms with Crippen molar-refractivity contribution in [1.29, 1.82) is 0 Å². The fourth-order valence-electron chi connectivity index (χ4n) is 1.46. The zero-order chi connectivity index (χ0) is 12.4. The number of aromatic nitrogens is 3. The highest BCUT2D eigenvalue weighted by Gasteiger charge is 2.11. The SMILES string of the molecule is CC(C)C(O)CNc1nc(Br)cn2ccnc12. The number of aliphatic hydroxyl groups is 1. The van der Waals surface area contributed by atoms with Crippen LogP contribution in [0.1, 0.15) is 13.8 Å². The highest BCUT2D eigenvalue weighted by atomic mass is 79.9. The van der Waals surface area contributed by atoms with Crippen LogP contribution in [0, 0.1) is 5.92 Å². The van der Waals surface area contributed by atoms with Gasteiger partial charge in [0.15, 0.2) is 11.5 Å². The van der Waals surface area contributed by atoms with E-state index in [-0.39, 0.29) is 5.92 Å². The number of hydrogen-bond acceptors (Lipinski definition) is 4. The Bertz CT molecular complexity index is 511. The van der Waals surface area contributed by atoms with E-state index in [2.05, 4.69) is 31.2 Å². The predicted octanol–water partition coefficient (Wildman–Crippen LogP) is 1.92. The fraction of sp³-hybridized carbons (Fsp3) is 0.455. The topological polar surface area (TPSA) is 62.5 Å². The standard InChI is InChI=1S/C11H15BrN4O/c1-7(2)8(17)5-14-10-11-13-3-4-16(11)6-9(12)15-10/h3-4,6-8,17H,5H2,1-2H3,(H,14,15). The maximum absolute atomic E-state index is 9.75. The third kappa shape index (κ3) is 2.76. The summed E-state index contributed by atoms with van der Waals surface area (Å²) < 4.78 is 2.60. The molecule has 1 unspecified atom stereocenters. The van der Waals surface area contributed by atoms with Gasteiger partial charge >= 0.3 is 0 Å². The second-order valence-electron chi connectivity index (χ2n) is 4.26. The molecule has 0 aliphatic rings. The van der Waals surface area contributed by atoms with Gasteiger partial charge in [0, 0.05) is 25.1 Å². The largest absolute Gasteiger partial charge is 0.391 e.